The Kier molecular flexibility index (Phi) is 5.75. The van der Waals surface area contributed by atoms with Gasteiger partial charge in [-0.25, -0.2) is 0 Å². The van der Waals surface area contributed by atoms with Crippen LogP contribution in [-0.4, -0.2) is 23.7 Å². The molecule has 0 radical (unpaired) electrons. The van der Waals surface area contributed by atoms with Crippen molar-refractivity contribution in [2.45, 2.75) is 33.1 Å². The summed E-state index contributed by atoms with van der Waals surface area (Å²) in [7, 11) is 0. The van der Waals surface area contributed by atoms with Gasteiger partial charge in [0.1, 0.15) is 11.5 Å². The van der Waals surface area contributed by atoms with Gasteiger partial charge in [-0.1, -0.05) is 44.2 Å². The molecular formula is C23H25NO3. The number of carbonyl (C=O) groups is 1. The van der Waals surface area contributed by atoms with Crippen LogP contribution in [0.5, 0.6) is 5.75 Å². The molecule has 140 valence electrons. The lowest BCUT2D eigenvalue weighted by Crippen LogP contribution is -2.26. The average Bonchev–Trinajstić information content (AvgIpc) is 2.62. The van der Waals surface area contributed by atoms with E-state index in [0.29, 0.717) is 30.7 Å². The topological polar surface area (TPSA) is 58.9 Å². The smallest absolute Gasteiger partial charge is 0.168 e. The highest BCUT2D eigenvalue weighted by Gasteiger charge is 2.32. The first-order valence-corrected chi connectivity index (χ1v) is 9.19. The molecule has 0 spiro atoms. The Balaban J connectivity index is 1.57. The minimum atomic E-state index is -0.197. The van der Waals surface area contributed by atoms with Crippen molar-refractivity contribution in [2.24, 2.45) is 10.4 Å². The molecule has 2 aromatic rings. The second-order valence-corrected chi connectivity index (χ2v) is 7.64. The molecule has 0 saturated heterocycles. The summed E-state index contributed by atoms with van der Waals surface area (Å²) in [6, 6.07) is 17.6. The van der Waals surface area contributed by atoms with Crippen LogP contribution in [0.15, 0.2) is 70.9 Å². The molecular weight excluding hydrogens is 338 g/mol. The minimum Gasteiger partial charge on any atom is -0.511 e. The third kappa shape index (κ3) is 5.30. The second kappa shape index (κ2) is 8.21. The van der Waals surface area contributed by atoms with Crippen LogP contribution in [0.4, 0.5) is 5.69 Å². The summed E-state index contributed by atoms with van der Waals surface area (Å²) in [4.78, 5) is 16.5. The van der Waals surface area contributed by atoms with E-state index in [2.05, 4.69) is 17.1 Å². The quantitative estimate of drug-likeness (QED) is 0.717. The van der Waals surface area contributed by atoms with Crippen LogP contribution in [0.3, 0.4) is 0 Å². The number of ketones is 1. The molecule has 0 bridgehead atoms. The number of ether oxygens (including phenoxy) is 1. The molecule has 0 amide bonds. The van der Waals surface area contributed by atoms with Crippen molar-refractivity contribution in [3.05, 3.63) is 71.5 Å². The number of Topliss-reactive ketones (excluding diaryl/α,β-unsaturated/α-hetero) is 1. The summed E-state index contributed by atoms with van der Waals surface area (Å²) in [6.45, 7) is 4.56. The predicted molar refractivity (Wildman–Crippen MR) is 108 cm³/mol. The Hall–Kier alpha value is -2.88. The molecule has 2 aromatic carbocycles. The van der Waals surface area contributed by atoms with Crippen LogP contribution in [0, 0.1) is 5.41 Å². The van der Waals surface area contributed by atoms with Gasteiger partial charge in [0, 0.05) is 25.5 Å². The van der Waals surface area contributed by atoms with E-state index in [1.165, 1.54) is 11.8 Å². The van der Waals surface area contributed by atoms with Crippen LogP contribution in [0.25, 0.3) is 0 Å². The van der Waals surface area contributed by atoms with Crippen LogP contribution >= 0.6 is 0 Å². The lowest BCUT2D eigenvalue weighted by Gasteiger charge is -2.28. The maximum atomic E-state index is 12.2. The zero-order valence-electron chi connectivity index (χ0n) is 15.8. The normalized spacial score (nSPS) is 16.7. The number of nitrogens with zero attached hydrogens (tertiary/aromatic N) is 1. The van der Waals surface area contributed by atoms with Gasteiger partial charge in [0.25, 0.3) is 0 Å². The van der Waals surface area contributed by atoms with E-state index in [1.807, 2.05) is 56.3 Å². The number of aliphatic hydroxyl groups excluding tert-OH is 1. The maximum Gasteiger partial charge on any atom is 0.168 e. The van der Waals surface area contributed by atoms with E-state index >= 15 is 0 Å². The van der Waals surface area contributed by atoms with E-state index in [9.17, 15) is 9.90 Å². The number of hydrogen-bond donors (Lipinski definition) is 1. The van der Waals surface area contributed by atoms with Crippen LogP contribution < -0.4 is 4.74 Å². The summed E-state index contributed by atoms with van der Waals surface area (Å²) in [5, 5.41) is 10.1. The Morgan fingerprint density at radius 3 is 2.44 bits per heavy atom. The number of hydrogen-bond acceptors (Lipinski definition) is 4. The first-order valence-electron chi connectivity index (χ1n) is 9.19. The third-order valence-electron chi connectivity index (χ3n) is 4.58. The number of aliphatic hydroxyl groups is 1. The molecule has 27 heavy (non-hydrogen) atoms. The van der Waals surface area contributed by atoms with Gasteiger partial charge < -0.3 is 9.84 Å². The molecule has 0 atom stereocenters. The zero-order valence-corrected chi connectivity index (χ0v) is 15.8. The van der Waals surface area contributed by atoms with Crippen molar-refractivity contribution in [1.29, 1.82) is 0 Å². The van der Waals surface area contributed by atoms with Gasteiger partial charge in [0.15, 0.2) is 5.78 Å². The summed E-state index contributed by atoms with van der Waals surface area (Å²) < 4.78 is 5.76. The van der Waals surface area contributed by atoms with Gasteiger partial charge in [-0.05, 0) is 35.2 Å². The molecule has 0 aliphatic heterocycles. The van der Waals surface area contributed by atoms with Crippen LogP contribution in [0.1, 0.15) is 32.3 Å². The number of aliphatic imine (C=N–C) groups is 1. The number of allylic oxidation sites excluding steroid dienone is 2. The molecule has 1 aliphatic carbocycles. The zero-order chi connectivity index (χ0) is 19.3. The van der Waals surface area contributed by atoms with Crippen LogP contribution in [-0.2, 0) is 11.2 Å². The first kappa shape index (κ1) is 18.9. The molecule has 4 nitrogen and oxygen atoms in total. The van der Waals surface area contributed by atoms with Gasteiger partial charge >= 0.3 is 0 Å². The van der Waals surface area contributed by atoms with Crippen molar-refractivity contribution >= 4 is 17.7 Å². The third-order valence-corrected chi connectivity index (χ3v) is 4.58. The fourth-order valence-electron chi connectivity index (χ4n) is 3.15. The van der Waals surface area contributed by atoms with Gasteiger partial charge in [-0.2, -0.15) is 0 Å². The number of rotatable bonds is 6. The highest BCUT2D eigenvalue weighted by molar-refractivity contribution is 6.14. The molecule has 0 fully saturated rings. The first-order chi connectivity index (χ1) is 12.9. The predicted octanol–water partition coefficient (Wildman–Crippen LogP) is 5.21. The van der Waals surface area contributed by atoms with Crippen molar-refractivity contribution in [3.63, 3.8) is 0 Å². The summed E-state index contributed by atoms with van der Waals surface area (Å²) in [5.74, 6) is 0.844. The van der Waals surface area contributed by atoms with Crippen molar-refractivity contribution < 1.29 is 14.6 Å². The summed E-state index contributed by atoms with van der Waals surface area (Å²) >= 11 is 0. The molecule has 4 heteroatoms. The molecule has 0 heterocycles. The van der Waals surface area contributed by atoms with Gasteiger partial charge in [-0.3, -0.25) is 9.79 Å². The molecule has 3 rings (SSSR count). The summed E-state index contributed by atoms with van der Waals surface area (Å²) in [6.07, 6.45) is 3.24. The largest absolute Gasteiger partial charge is 0.511 e. The Morgan fingerprint density at radius 2 is 1.78 bits per heavy atom. The van der Waals surface area contributed by atoms with E-state index in [-0.39, 0.29) is 17.0 Å². The van der Waals surface area contributed by atoms with E-state index in [1.54, 1.807) is 0 Å². The van der Waals surface area contributed by atoms with E-state index < -0.39 is 0 Å². The van der Waals surface area contributed by atoms with Crippen molar-refractivity contribution in [1.82, 2.24) is 0 Å². The SMILES string of the molecule is CC1(C)CC(=O)C(C=Nc2ccc(OCCc3ccccc3)cc2)=C(O)C1. The highest BCUT2D eigenvalue weighted by atomic mass is 16.5. The molecule has 0 aromatic heterocycles. The van der Waals surface area contributed by atoms with Gasteiger partial charge in [0.05, 0.1) is 17.9 Å². The fourth-order valence-corrected chi connectivity index (χ4v) is 3.15. The number of benzene rings is 2. The van der Waals surface area contributed by atoms with Gasteiger partial charge in [0.2, 0.25) is 0 Å². The molecule has 0 saturated carbocycles. The standard InChI is InChI=1S/C23H25NO3/c1-23(2)14-21(25)20(22(26)15-23)16-24-18-8-10-19(11-9-18)27-13-12-17-6-4-3-5-7-17/h3-11,16,25H,12-15H2,1-2H3. The Bertz CT molecular complexity index is 849. The molecule has 0 unspecified atom stereocenters. The summed E-state index contributed by atoms with van der Waals surface area (Å²) in [5.41, 5.74) is 2.07. The molecule has 1 aliphatic rings. The Morgan fingerprint density at radius 1 is 1.07 bits per heavy atom. The average molecular weight is 363 g/mol. The molecule has 1 N–H and O–H groups in total. The monoisotopic (exact) mass is 363 g/mol. The number of carbonyl (C=O) groups excluding carboxylic acids is 1. The van der Waals surface area contributed by atoms with E-state index in [4.69, 9.17) is 4.74 Å². The van der Waals surface area contributed by atoms with Crippen molar-refractivity contribution in [2.75, 3.05) is 6.61 Å². The van der Waals surface area contributed by atoms with Gasteiger partial charge in [-0.15, -0.1) is 0 Å². The lowest BCUT2D eigenvalue weighted by atomic mass is 9.77. The highest BCUT2D eigenvalue weighted by Crippen LogP contribution is 2.35. The van der Waals surface area contributed by atoms with E-state index in [0.717, 1.165) is 12.2 Å². The maximum absolute atomic E-state index is 12.2. The van der Waals surface area contributed by atoms with Crippen molar-refractivity contribution in [3.8, 4) is 5.75 Å². The Labute approximate surface area is 160 Å². The second-order valence-electron chi connectivity index (χ2n) is 7.64. The van der Waals surface area contributed by atoms with Crippen LogP contribution in [0.2, 0.25) is 0 Å². The lowest BCUT2D eigenvalue weighted by molar-refractivity contribution is -0.117. The minimum absolute atomic E-state index is 0.0617. The fraction of sp³-hybridized carbons (Fsp3) is 0.304.